The molecule has 2 saturated heterocycles. The monoisotopic (exact) mass is 962 g/mol. The lowest BCUT2D eigenvalue weighted by molar-refractivity contribution is -0.149. The molecular weight excluding hydrogens is 890 g/mol. The van der Waals surface area contributed by atoms with Crippen LogP contribution in [0.1, 0.15) is 91.2 Å². The largest absolute Gasteiger partial charge is 0.378 e. The van der Waals surface area contributed by atoms with Gasteiger partial charge >= 0.3 is 0 Å². The molecule has 7 rings (SSSR count). The molecule has 0 aliphatic carbocycles. The van der Waals surface area contributed by atoms with E-state index in [4.69, 9.17) is 19.2 Å². The molecule has 0 saturated carbocycles. The number of aldehydes is 1. The summed E-state index contributed by atoms with van der Waals surface area (Å²) < 4.78 is 36.9. The summed E-state index contributed by atoms with van der Waals surface area (Å²) >= 11 is 0. The molecule has 14 nitrogen and oxygen atoms in total. The fraction of sp³-hybridized carbons (Fsp3) is 0.545. The van der Waals surface area contributed by atoms with Gasteiger partial charge in [0.1, 0.15) is 23.7 Å². The molecule has 2 aromatic heterocycles. The van der Waals surface area contributed by atoms with Gasteiger partial charge in [0.15, 0.2) is 0 Å². The number of hydrazine groups is 1. The quantitative estimate of drug-likeness (QED) is 0.115. The predicted octanol–water partition coefficient (Wildman–Crippen LogP) is 6.77. The average molecular weight is 962 g/mol. The zero-order chi connectivity index (χ0) is 50.7. The summed E-state index contributed by atoms with van der Waals surface area (Å²) in [6.45, 7) is 18.1. The highest BCUT2D eigenvalue weighted by atomic mass is 19.1. The van der Waals surface area contributed by atoms with Gasteiger partial charge in [0.2, 0.25) is 5.91 Å². The maximum absolute atomic E-state index is 16.0. The summed E-state index contributed by atoms with van der Waals surface area (Å²) in [6, 6.07) is 13.9. The highest BCUT2D eigenvalue weighted by Gasteiger charge is 2.41. The van der Waals surface area contributed by atoms with E-state index in [1.807, 2.05) is 71.8 Å². The van der Waals surface area contributed by atoms with Gasteiger partial charge in [-0.1, -0.05) is 45.7 Å². The number of fused-ring (bicyclic) bond motifs is 6. The highest BCUT2D eigenvalue weighted by molar-refractivity contribution is 5.96. The smallest absolute Gasteiger partial charge is 0.298 e. The number of hydrogen-bond donors (Lipinski definition) is 2. The number of aryl methyl sites for hydroxylation is 1. The number of nitrogens with zero attached hydrogens (tertiary/aromatic N) is 5. The van der Waals surface area contributed by atoms with Crippen molar-refractivity contribution in [2.24, 2.45) is 17.3 Å². The normalized spacial score (nSPS) is 20.9. The number of pyridine rings is 1. The Labute approximate surface area is 412 Å². The van der Waals surface area contributed by atoms with Crippen LogP contribution in [0.4, 0.5) is 4.39 Å². The minimum absolute atomic E-state index is 0.0113. The molecule has 2 N–H and O–H groups in total. The van der Waals surface area contributed by atoms with Crippen molar-refractivity contribution in [2.75, 3.05) is 60.7 Å². The first-order valence-electron chi connectivity index (χ1n) is 24.7. The van der Waals surface area contributed by atoms with Crippen LogP contribution in [-0.2, 0) is 52.8 Å². The Hall–Kier alpha value is -5.50. The van der Waals surface area contributed by atoms with Crippen molar-refractivity contribution in [3.05, 3.63) is 77.4 Å². The summed E-state index contributed by atoms with van der Waals surface area (Å²) in [5, 5.41) is 5.46. The van der Waals surface area contributed by atoms with Crippen molar-refractivity contribution >= 4 is 34.9 Å². The Kier molecular flexibility index (Phi) is 16.0. The number of carbonyl (C=O) groups is 4. The molecule has 3 amide bonds. The van der Waals surface area contributed by atoms with Crippen molar-refractivity contribution in [3.63, 3.8) is 0 Å². The molecular formula is C55H72FN7O7. The molecule has 3 aliphatic rings. The molecule has 0 spiro atoms. The topological polar surface area (TPSA) is 148 Å². The third kappa shape index (κ3) is 11.5. The van der Waals surface area contributed by atoms with Crippen molar-refractivity contribution in [1.29, 1.82) is 0 Å². The zero-order valence-electron chi connectivity index (χ0n) is 42.9. The molecule has 6 bridgehead atoms. The number of hydrogen-bond acceptors (Lipinski definition) is 10. The van der Waals surface area contributed by atoms with Gasteiger partial charge in [0.25, 0.3) is 11.8 Å². The first kappa shape index (κ1) is 52.3. The fourth-order valence-corrected chi connectivity index (χ4v) is 9.59. The Morgan fingerprint density at radius 1 is 1.10 bits per heavy atom. The van der Waals surface area contributed by atoms with E-state index in [0.29, 0.717) is 56.6 Å². The number of aromatic nitrogens is 2. The van der Waals surface area contributed by atoms with E-state index in [0.717, 1.165) is 45.3 Å². The highest BCUT2D eigenvalue weighted by Crippen LogP contribution is 2.42. The van der Waals surface area contributed by atoms with Crippen LogP contribution in [-0.4, -0.2) is 132 Å². The standard InChI is InChI=1S/C55H72FN7O7/c1-12-62-47-17-16-38-27-43(47)44(50(62)42-15-13-21-57-49(42)36(4)68-11)28-53(5,6)33-69-34-55(32-64)19-14-22-63(59-55)52(67)46(25-37-23-39(38)26-40(56)24-37)58-51(66)45(35(2)3)31-70-41-29-61(30-41)48(65)18-20-54(7,8)60(9)10/h13,15-17,21,23-24,26-27,32,35-36,41,45-46,59H,12,14,19,22,25,28-31,33-34H2,1-11H3,(H,58,66)/t36-,45-,46-,55-/m0/s1. The van der Waals surface area contributed by atoms with Crippen molar-refractivity contribution < 1.29 is 37.8 Å². The van der Waals surface area contributed by atoms with E-state index < -0.39 is 46.1 Å². The van der Waals surface area contributed by atoms with Crippen LogP contribution in [0.15, 0.2) is 54.7 Å². The molecule has 0 radical (unpaired) electrons. The van der Waals surface area contributed by atoms with E-state index in [2.05, 4.69) is 66.1 Å². The van der Waals surface area contributed by atoms with Gasteiger partial charge in [0.05, 0.1) is 54.9 Å². The second-order valence-corrected chi connectivity index (χ2v) is 21.3. The van der Waals surface area contributed by atoms with Gasteiger partial charge in [-0.15, -0.1) is 0 Å². The SMILES string of the molecule is CCn1c(-c2cccnc2[C@H](C)OC)c2c3cc(ccc31)-c1cc(F)cc(c1)C[C@H](NC(=O)[C@@H](COC1CN(C(=O)C#CC(C)(C)N(C)C)C1)C(C)C)C(=O)N1CCC[C@](C=O)(COCC(C)(C)C2)N1. The van der Waals surface area contributed by atoms with Crippen LogP contribution in [0.3, 0.4) is 0 Å². The molecule has 3 aliphatic heterocycles. The summed E-state index contributed by atoms with van der Waals surface area (Å²) in [4.78, 5) is 63.5. The van der Waals surface area contributed by atoms with Crippen molar-refractivity contribution in [3.8, 4) is 34.2 Å². The number of rotatable bonds is 12. The zero-order valence-corrected chi connectivity index (χ0v) is 42.9. The van der Waals surface area contributed by atoms with Gasteiger partial charge in [0, 0.05) is 62.4 Å². The summed E-state index contributed by atoms with van der Waals surface area (Å²) in [6.07, 6.45) is 3.54. The van der Waals surface area contributed by atoms with Crippen molar-refractivity contribution in [1.82, 2.24) is 35.1 Å². The summed E-state index contributed by atoms with van der Waals surface area (Å²) in [5.41, 5.74) is 7.91. The van der Waals surface area contributed by atoms with Gasteiger partial charge < -0.3 is 33.8 Å². The van der Waals surface area contributed by atoms with E-state index in [9.17, 15) is 19.2 Å². The second kappa shape index (κ2) is 21.5. The lowest BCUT2D eigenvalue weighted by Crippen LogP contribution is -2.66. The Morgan fingerprint density at radius 2 is 1.86 bits per heavy atom. The lowest BCUT2D eigenvalue weighted by atomic mass is 9.84. The van der Waals surface area contributed by atoms with Gasteiger partial charge in [-0.25, -0.2) is 9.82 Å². The second-order valence-electron chi connectivity index (χ2n) is 21.3. The van der Waals surface area contributed by atoms with Gasteiger partial charge in [-0.2, -0.15) is 0 Å². The predicted molar refractivity (Wildman–Crippen MR) is 269 cm³/mol. The number of ether oxygens (including phenoxy) is 3. The first-order chi connectivity index (χ1) is 33.2. The first-order valence-corrected chi connectivity index (χ1v) is 24.7. The van der Waals surface area contributed by atoms with E-state index in [1.165, 1.54) is 17.1 Å². The van der Waals surface area contributed by atoms with Gasteiger partial charge in [-0.3, -0.25) is 29.3 Å². The molecule has 70 heavy (non-hydrogen) atoms. The Balaban J connectivity index is 1.23. The summed E-state index contributed by atoms with van der Waals surface area (Å²) in [5.74, 6) is 3.34. The number of benzene rings is 2. The van der Waals surface area contributed by atoms with Gasteiger partial charge in [-0.05, 0) is 137 Å². The van der Waals surface area contributed by atoms with Crippen LogP contribution in [0.2, 0.25) is 0 Å². The van der Waals surface area contributed by atoms with Crippen LogP contribution < -0.4 is 10.7 Å². The maximum atomic E-state index is 16.0. The van der Waals surface area contributed by atoms with Crippen LogP contribution in [0.5, 0.6) is 0 Å². The Bertz CT molecular complexity index is 2640. The lowest BCUT2D eigenvalue weighted by Gasteiger charge is -2.42. The van der Waals surface area contributed by atoms with Crippen molar-refractivity contribution in [2.45, 2.75) is 117 Å². The molecule has 15 heteroatoms. The fourth-order valence-electron chi connectivity index (χ4n) is 9.59. The van der Waals surface area contributed by atoms with E-state index in [-0.39, 0.29) is 50.2 Å². The van der Waals surface area contributed by atoms with E-state index in [1.54, 1.807) is 18.2 Å². The minimum Gasteiger partial charge on any atom is -0.378 e. The minimum atomic E-state index is -1.21. The van der Waals surface area contributed by atoms with Crippen LogP contribution >= 0.6 is 0 Å². The molecule has 4 aromatic rings. The average Bonchev–Trinajstić information content (AvgIpc) is 3.61. The molecule has 376 valence electrons. The molecule has 4 atom stereocenters. The number of halogens is 1. The molecule has 5 heterocycles. The number of amides is 3. The summed E-state index contributed by atoms with van der Waals surface area (Å²) in [7, 11) is 5.50. The number of methoxy groups -OCH3 is 1. The molecule has 2 aromatic carbocycles. The van der Waals surface area contributed by atoms with E-state index >= 15 is 4.39 Å². The molecule has 0 unspecified atom stereocenters. The maximum Gasteiger partial charge on any atom is 0.298 e. The number of carbonyl (C=O) groups excluding carboxylic acids is 4. The third-order valence-electron chi connectivity index (χ3n) is 14.4. The third-order valence-corrected chi connectivity index (χ3v) is 14.4. The number of nitrogens with one attached hydrogen (secondary N) is 2. The Morgan fingerprint density at radius 3 is 2.54 bits per heavy atom. The molecule has 2 fully saturated rings. The number of likely N-dealkylation sites (tertiary alicyclic amines) is 1. The van der Waals surface area contributed by atoms with Crippen LogP contribution in [0.25, 0.3) is 33.3 Å². The van der Waals surface area contributed by atoms with Crippen LogP contribution in [0, 0.1) is 34.9 Å².